The molecule has 1 rings (SSSR count). The van der Waals surface area contributed by atoms with Crippen LogP contribution in [0.5, 0.6) is 0 Å². The van der Waals surface area contributed by atoms with Gasteiger partial charge in [-0.2, -0.15) is 0 Å². The van der Waals surface area contributed by atoms with Crippen molar-refractivity contribution in [2.75, 3.05) is 12.0 Å². The number of carbonyl (C=O) groups excluding carboxylic acids is 1. The number of nitrogens with zero attached hydrogens (tertiary/aromatic N) is 1. The van der Waals surface area contributed by atoms with Crippen LogP contribution in [0.2, 0.25) is 0 Å². The lowest BCUT2D eigenvalue weighted by Gasteiger charge is -2.08. The molecule has 7 nitrogen and oxygen atoms in total. The monoisotopic (exact) mass is 294 g/mol. The number of nitro benzene ring substituents is 1. The highest BCUT2D eigenvalue weighted by molar-refractivity contribution is 5.95. The van der Waals surface area contributed by atoms with Crippen LogP contribution in [-0.2, 0) is 0 Å². The topological polar surface area (TPSA) is 110 Å². The Morgan fingerprint density at radius 2 is 2.10 bits per heavy atom. The predicted octanol–water partition coefficient (Wildman–Crippen LogP) is 2.44. The van der Waals surface area contributed by atoms with E-state index in [1.807, 2.05) is 0 Å². The average molecular weight is 294 g/mol. The zero-order valence-electron chi connectivity index (χ0n) is 12.4. The second-order valence-electron chi connectivity index (χ2n) is 5.28. The predicted molar refractivity (Wildman–Crippen MR) is 81.9 cm³/mol. The highest BCUT2D eigenvalue weighted by Gasteiger charge is 2.16. The van der Waals surface area contributed by atoms with Crippen LogP contribution in [0.25, 0.3) is 0 Å². The molecule has 0 saturated carbocycles. The molecule has 1 aromatic rings. The van der Waals surface area contributed by atoms with Gasteiger partial charge in [0.25, 0.3) is 11.6 Å². The van der Waals surface area contributed by atoms with E-state index in [0.717, 1.165) is 19.3 Å². The molecule has 0 fully saturated rings. The molecule has 0 heterocycles. The number of anilines is 1. The van der Waals surface area contributed by atoms with Gasteiger partial charge in [-0.05, 0) is 24.5 Å². The third-order valence-electron chi connectivity index (χ3n) is 3.11. The molecule has 0 spiro atoms. The number of nitrogen functional groups attached to an aromatic ring is 1. The van der Waals surface area contributed by atoms with Gasteiger partial charge in [0.2, 0.25) is 0 Å². The van der Waals surface area contributed by atoms with E-state index in [0.29, 0.717) is 12.5 Å². The van der Waals surface area contributed by atoms with Crippen molar-refractivity contribution in [2.45, 2.75) is 33.1 Å². The Morgan fingerprint density at radius 1 is 1.38 bits per heavy atom. The Morgan fingerprint density at radius 3 is 2.67 bits per heavy atom. The lowest BCUT2D eigenvalue weighted by molar-refractivity contribution is -0.384. The normalized spacial score (nSPS) is 10.5. The minimum absolute atomic E-state index is 0.175. The third kappa shape index (κ3) is 5.39. The number of rotatable bonds is 8. The second-order valence-corrected chi connectivity index (χ2v) is 5.28. The molecule has 0 aliphatic heterocycles. The van der Waals surface area contributed by atoms with Crippen molar-refractivity contribution in [3.63, 3.8) is 0 Å². The maximum Gasteiger partial charge on any atom is 0.294 e. The molecule has 4 N–H and O–H groups in total. The van der Waals surface area contributed by atoms with Crippen LogP contribution in [0, 0.1) is 16.0 Å². The van der Waals surface area contributed by atoms with Crippen LogP contribution in [-0.4, -0.2) is 17.4 Å². The van der Waals surface area contributed by atoms with Gasteiger partial charge in [-0.1, -0.05) is 26.7 Å². The quantitative estimate of drug-likeness (QED) is 0.295. The van der Waals surface area contributed by atoms with Crippen LogP contribution in [0.3, 0.4) is 0 Å². The summed E-state index contributed by atoms with van der Waals surface area (Å²) in [5.41, 5.74) is 2.45. The van der Waals surface area contributed by atoms with Crippen LogP contribution in [0.15, 0.2) is 18.2 Å². The van der Waals surface area contributed by atoms with Crippen molar-refractivity contribution < 1.29 is 9.72 Å². The lowest BCUT2D eigenvalue weighted by Crippen LogP contribution is -2.24. The van der Waals surface area contributed by atoms with Crippen molar-refractivity contribution in [3.05, 3.63) is 33.9 Å². The molecular formula is C14H22N4O3. The largest absolute Gasteiger partial charge is 0.352 e. The van der Waals surface area contributed by atoms with Crippen LogP contribution >= 0.6 is 0 Å². The number of hydrogen-bond acceptors (Lipinski definition) is 5. The van der Waals surface area contributed by atoms with Gasteiger partial charge in [-0.25, -0.2) is 0 Å². The Balaban J connectivity index is 2.58. The van der Waals surface area contributed by atoms with E-state index in [2.05, 4.69) is 24.6 Å². The first-order valence-corrected chi connectivity index (χ1v) is 6.99. The summed E-state index contributed by atoms with van der Waals surface area (Å²) in [5, 5.41) is 13.7. The van der Waals surface area contributed by atoms with Gasteiger partial charge in [0.1, 0.15) is 5.69 Å². The lowest BCUT2D eigenvalue weighted by atomic mass is 10.1. The van der Waals surface area contributed by atoms with Gasteiger partial charge in [0, 0.05) is 18.2 Å². The molecule has 0 aliphatic carbocycles. The van der Waals surface area contributed by atoms with Gasteiger partial charge < -0.3 is 10.7 Å². The molecule has 1 aromatic carbocycles. The molecule has 0 saturated heterocycles. The van der Waals surface area contributed by atoms with Crippen molar-refractivity contribution in [2.24, 2.45) is 11.8 Å². The SMILES string of the molecule is CC(C)CCCCNC(=O)c1ccc(NN)c([N+](=O)[O-])c1. The van der Waals surface area contributed by atoms with E-state index in [1.54, 1.807) is 0 Å². The number of hydrazine groups is 1. The molecule has 0 unspecified atom stereocenters. The van der Waals surface area contributed by atoms with Crippen molar-refractivity contribution in [1.82, 2.24) is 5.32 Å². The average Bonchev–Trinajstić information content (AvgIpc) is 2.45. The number of nitro groups is 1. The second kappa shape index (κ2) is 8.21. The van der Waals surface area contributed by atoms with Crippen molar-refractivity contribution in [3.8, 4) is 0 Å². The molecule has 0 aromatic heterocycles. The zero-order valence-corrected chi connectivity index (χ0v) is 12.4. The zero-order chi connectivity index (χ0) is 15.8. The number of unbranched alkanes of at least 4 members (excludes halogenated alkanes) is 1. The fraction of sp³-hybridized carbons (Fsp3) is 0.500. The number of carbonyl (C=O) groups is 1. The van der Waals surface area contributed by atoms with E-state index in [1.165, 1.54) is 18.2 Å². The Kier molecular flexibility index (Phi) is 6.61. The first-order valence-electron chi connectivity index (χ1n) is 6.99. The Bertz CT molecular complexity index is 503. The van der Waals surface area contributed by atoms with E-state index >= 15 is 0 Å². The molecular weight excluding hydrogens is 272 g/mol. The number of hydrogen-bond donors (Lipinski definition) is 3. The first kappa shape index (κ1) is 16.9. The number of nitrogens with one attached hydrogen (secondary N) is 2. The summed E-state index contributed by atoms with van der Waals surface area (Å²) < 4.78 is 0. The fourth-order valence-electron chi connectivity index (χ4n) is 1.93. The summed E-state index contributed by atoms with van der Waals surface area (Å²) in [7, 11) is 0. The Labute approximate surface area is 124 Å². The maximum atomic E-state index is 11.9. The Hall–Kier alpha value is -2.15. The molecule has 116 valence electrons. The van der Waals surface area contributed by atoms with E-state index in [4.69, 9.17) is 5.84 Å². The molecule has 7 heteroatoms. The molecule has 21 heavy (non-hydrogen) atoms. The van der Waals surface area contributed by atoms with Crippen molar-refractivity contribution >= 4 is 17.3 Å². The van der Waals surface area contributed by atoms with Gasteiger partial charge >= 0.3 is 0 Å². The summed E-state index contributed by atoms with van der Waals surface area (Å²) >= 11 is 0. The summed E-state index contributed by atoms with van der Waals surface area (Å²) in [6, 6.07) is 4.15. The molecule has 0 atom stereocenters. The van der Waals surface area contributed by atoms with Gasteiger partial charge in [-0.3, -0.25) is 20.8 Å². The molecule has 0 bridgehead atoms. The van der Waals surface area contributed by atoms with Crippen LogP contribution in [0.1, 0.15) is 43.5 Å². The third-order valence-corrected chi connectivity index (χ3v) is 3.11. The van der Waals surface area contributed by atoms with Crippen LogP contribution < -0.4 is 16.6 Å². The van der Waals surface area contributed by atoms with E-state index in [-0.39, 0.29) is 22.8 Å². The van der Waals surface area contributed by atoms with Gasteiger partial charge in [-0.15, -0.1) is 0 Å². The fourth-order valence-corrected chi connectivity index (χ4v) is 1.93. The summed E-state index contributed by atoms with van der Waals surface area (Å²) in [5.74, 6) is 5.54. The minimum atomic E-state index is -0.575. The molecule has 1 amide bonds. The van der Waals surface area contributed by atoms with Gasteiger partial charge in [0.05, 0.1) is 4.92 Å². The standard InChI is InChI=1S/C14H22N4O3/c1-10(2)5-3-4-8-16-14(19)11-6-7-12(17-15)13(9-11)18(20)21/h6-7,9-10,17H,3-5,8,15H2,1-2H3,(H,16,19). The molecule has 0 aliphatic rings. The first-order chi connectivity index (χ1) is 9.95. The number of benzene rings is 1. The van der Waals surface area contributed by atoms with Gasteiger partial charge in [0.15, 0.2) is 0 Å². The molecule has 0 radical (unpaired) electrons. The van der Waals surface area contributed by atoms with E-state index in [9.17, 15) is 14.9 Å². The van der Waals surface area contributed by atoms with E-state index < -0.39 is 4.92 Å². The van der Waals surface area contributed by atoms with Crippen LogP contribution in [0.4, 0.5) is 11.4 Å². The minimum Gasteiger partial charge on any atom is -0.352 e. The summed E-state index contributed by atoms with van der Waals surface area (Å²) in [4.78, 5) is 22.3. The smallest absolute Gasteiger partial charge is 0.294 e. The maximum absolute atomic E-state index is 11.9. The number of amides is 1. The summed E-state index contributed by atoms with van der Waals surface area (Å²) in [6.07, 6.45) is 3.07. The highest BCUT2D eigenvalue weighted by Crippen LogP contribution is 2.24. The van der Waals surface area contributed by atoms with Crippen molar-refractivity contribution in [1.29, 1.82) is 0 Å². The highest BCUT2D eigenvalue weighted by atomic mass is 16.6. The number of nitrogens with two attached hydrogens (primary N) is 1. The summed E-state index contributed by atoms with van der Waals surface area (Å²) in [6.45, 7) is 4.88.